The maximum Gasteiger partial charge on any atom is 0.235 e. The Morgan fingerprint density at radius 3 is 2.71 bits per heavy atom. The number of carbonyl (C=O) groups excluding carboxylic acids is 2. The number of nitrogens with zero attached hydrogens (tertiary/aromatic N) is 3. The van der Waals surface area contributed by atoms with E-state index < -0.39 is 0 Å². The van der Waals surface area contributed by atoms with Gasteiger partial charge in [0.05, 0.1) is 23.1 Å². The van der Waals surface area contributed by atoms with Crippen LogP contribution in [-0.4, -0.2) is 32.2 Å². The van der Waals surface area contributed by atoms with Gasteiger partial charge in [-0.3, -0.25) is 9.59 Å². The maximum atomic E-state index is 13.4. The molecule has 34 heavy (non-hydrogen) atoms. The van der Waals surface area contributed by atoms with E-state index in [2.05, 4.69) is 15.5 Å². The van der Waals surface area contributed by atoms with Gasteiger partial charge in [-0.1, -0.05) is 42.1 Å². The third-order valence-corrected chi connectivity index (χ3v) is 8.18. The standard InChI is InChI=1S/C25H24N4O3S2/c1-15-17(12-13-32-15)23-27-28-25(29(23)2)33-14-20(30)26-24-21(18-10-6-7-11-19(18)34-24)22(31)16-8-4-3-5-9-16/h3-5,8-9,12-13H,6-7,10-11,14H2,1-2H3,(H,26,30). The molecular weight excluding hydrogens is 468 g/mol. The van der Waals surface area contributed by atoms with Gasteiger partial charge in [0.2, 0.25) is 5.91 Å². The fraction of sp³-hybridized carbons (Fsp3) is 0.280. The smallest absolute Gasteiger partial charge is 0.235 e. The predicted octanol–water partition coefficient (Wildman–Crippen LogP) is 5.29. The van der Waals surface area contributed by atoms with E-state index >= 15 is 0 Å². The van der Waals surface area contributed by atoms with Crippen molar-refractivity contribution in [3.63, 3.8) is 0 Å². The van der Waals surface area contributed by atoms with E-state index in [1.807, 2.05) is 54.9 Å². The first-order chi connectivity index (χ1) is 16.5. The number of carbonyl (C=O) groups is 2. The summed E-state index contributed by atoms with van der Waals surface area (Å²) in [4.78, 5) is 27.5. The van der Waals surface area contributed by atoms with Gasteiger partial charge in [-0.25, -0.2) is 0 Å². The summed E-state index contributed by atoms with van der Waals surface area (Å²) in [6.45, 7) is 1.87. The highest BCUT2D eigenvalue weighted by atomic mass is 32.2. The molecule has 0 aliphatic heterocycles. The second-order valence-corrected chi connectivity index (χ2v) is 10.3. The Kier molecular flexibility index (Phi) is 6.38. The van der Waals surface area contributed by atoms with Gasteiger partial charge in [-0.05, 0) is 44.2 Å². The molecule has 1 aromatic carbocycles. The molecule has 3 heterocycles. The zero-order valence-electron chi connectivity index (χ0n) is 19.0. The van der Waals surface area contributed by atoms with Crippen LogP contribution < -0.4 is 5.32 Å². The molecule has 0 unspecified atom stereocenters. The highest BCUT2D eigenvalue weighted by Crippen LogP contribution is 2.39. The Morgan fingerprint density at radius 1 is 1.15 bits per heavy atom. The monoisotopic (exact) mass is 492 g/mol. The Labute approximate surface area is 205 Å². The van der Waals surface area contributed by atoms with Gasteiger partial charge in [0.25, 0.3) is 0 Å². The van der Waals surface area contributed by atoms with Crippen molar-refractivity contribution in [3.8, 4) is 11.4 Å². The van der Waals surface area contributed by atoms with Crippen LogP contribution in [0.4, 0.5) is 5.00 Å². The average Bonchev–Trinajstić information content (AvgIpc) is 3.54. The lowest BCUT2D eigenvalue weighted by atomic mass is 9.92. The highest BCUT2D eigenvalue weighted by Gasteiger charge is 2.27. The largest absolute Gasteiger partial charge is 0.469 e. The number of hydrogen-bond acceptors (Lipinski definition) is 7. The van der Waals surface area contributed by atoms with Crippen LogP contribution in [0.2, 0.25) is 0 Å². The Balaban J connectivity index is 1.34. The number of aromatic nitrogens is 3. The summed E-state index contributed by atoms with van der Waals surface area (Å²) in [6.07, 6.45) is 5.62. The van der Waals surface area contributed by atoms with E-state index in [0.29, 0.717) is 27.1 Å². The van der Waals surface area contributed by atoms with Gasteiger partial charge in [0, 0.05) is 17.5 Å². The molecule has 0 spiro atoms. The van der Waals surface area contributed by atoms with Gasteiger partial charge < -0.3 is 14.3 Å². The zero-order valence-corrected chi connectivity index (χ0v) is 20.6. The molecule has 0 atom stereocenters. The topological polar surface area (TPSA) is 90.0 Å². The van der Waals surface area contributed by atoms with Crippen LogP contribution in [0.1, 0.15) is 45.0 Å². The second kappa shape index (κ2) is 9.60. The SMILES string of the molecule is Cc1occc1-c1nnc(SCC(=O)Nc2sc3c(c2C(=O)c2ccccc2)CCCC3)n1C. The van der Waals surface area contributed by atoms with E-state index in [9.17, 15) is 9.59 Å². The van der Waals surface area contributed by atoms with Crippen LogP contribution in [0, 0.1) is 6.92 Å². The van der Waals surface area contributed by atoms with E-state index in [4.69, 9.17) is 4.42 Å². The van der Waals surface area contributed by atoms with Crippen molar-refractivity contribution in [2.45, 2.75) is 37.8 Å². The fourth-order valence-electron chi connectivity index (χ4n) is 4.21. The van der Waals surface area contributed by atoms with Crippen LogP contribution in [0.3, 0.4) is 0 Å². The van der Waals surface area contributed by atoms with Gasteiger partial charge in [-0.15, -0.1) is 21.5 Å². The van der Waals surface area contributed by atoms with Crippen LogP contribution in [-0.2, 0) is 24.7 Å². The van der Waals surface area contributed by atoms with Crippen LogP contribution in [0.25, 0.3) is 11.4 Å². The first kappa shape index (κ1) is 22.6. The van der Waals surface area contributed by atoms with Gasteiger partial charge in [0.15, 0.2) is 16.8 Å². The van der Waals surface area contributed by atoms with Crippen LogP contribution in [0.5, 0.6) is 0 Å². The van der Waals surface area contributed by atoms with Gasteiger partial charge in [0.1, 0.15) is 10.8 Å². The average molecular weight is 493 g/mol. The Bertz CT molecular complexity index is 1350. The number of aryl methyl sites for hydroxylation is 2. The Hall–Kier alpha value is -3.17. The molecule has 3 aromatic heterocycles. The molecule has 1 N–H and O–H groups in total. The van der Waals surface area contributed by atoms with Crippen LogP contribution >= 0.6 is 23.1 Å². The van der Waals surface area contributed by atoms with Crippen molar-refractivity contribution < 1.29 is 14.0 Å². The molecule has 174 valence electrons. The summed E-state index contributed by atoms with van der Waals surface area (Å²) in [6, 6.07) is 11.1. The summed E-state index contributed by atoms with van der Waals surface area (Å²) in [7, 11) is 1.87. The molecule has 1 amide bonds. The summed E-state index contributed by atoms with van der Waals surface area (Å²) in [5.41, 5.74) is 3.27. The quantitative estimate of drug-likeness (QED) is 0.279. The molecule has 5 rings (SSSR count). The third-order valence-electron chi connectivity index (χ3n) is 5.95. The lowest BCUT2D eigenvalue weighted by Crippen LogP contribution is -2.16. The minimum absolute atomic E-state index is 0.0311. The first-order valence-electron chi connectivity index (χ1n) is 11.1. The second-order valence-electron chi connectivity index (χ2n) is 8.20. The lowest BCUT2D eigenvalue weighted by molar-refractivity contribution is -0.113. The lowest BCUT2D eigenvalue weighted by Gasteiger charge is -2.12. The fourth-order valence-corrected chi connectivity index (χ4v) is 6.23. The molecular formula is C25H24N4O3S2. The summed E-state index contributed by atoms with van der Waals surface area (Å²) >= 11 is 2.85. The predicted molar refractivity (Wildman–Crippen MR) is 134 cm³/mol. The van der Waals surface area contributed by atoms with Gasteiger partial charge >= 0.3 is 0 Å². The molecule has 0 fully saturated rings. The first-order valence-corrected chi connectivity index (χ1v) is 12.9. The summed E-state index contributed by atoms with van der Waals surface area (Å²) < 4.78 is 7.22. The number of thiophene rings is 1. The van der Waals surface area contributed by atoms with Crippen molar-refractivity contribution in [3.05, 3.63) is 70.0 Å². The van der Waals surface area contributed by atoms with E-state index in [0.717, 1.165) is 42.6 Å². The molecule has 0 saturated carbocycles. The van der Waals surface area contributed by atoms with Crippen molar-refractivity contribution in [1.29, 1.82) is 0 Å². The van der Waals surface area contributed by atoms with Crippen molar-refractivity contribution in [2.75, 3.05) is 11.1 Å². The maximum absolute atomic E-state index is 13.4. The van der Waals surface area contributed by atoms with Gasteiger partial charge in [-0.2, -0.15) is 0 Å². The van der Waals surface area contributed by atoms with Crippen molar-refractivity contribution in [1.82, 2.24) is 14.8 Å². The van der Waals surface area contributed by atoms with E-state index in [-0.39, 0.29) is 17.4 Å². The Morgan fingerprint density at radius 2 is 1.94 bits per heavy atom. The zero-order chi connectivity index (χ0) is 23.7. The number of nitrogens with one attached hydrogen (secondary N) is 1. The number of furan rings is 1. The minimum Gasteiger partial charge on any atom is -0.469 e. The summed E-state index contributed by atoms with van der Waals surface area (Å²) in [5.74, 6) is 1.42. The third kappa shape index (κ3) is 4.33. The molecule has 1 aliphatic carbocycles. The van der Waals surface area contributed by atoms with Crippen LogP contribution in [0.15, 0.2) is 52.2 Å². The highest BCUT2D eigenvalue weighted by molar-refractivity contribution is 7.99. The molecule has 0 radical (unpaired) electrons. The number of benzene rings is 1. The van der Waals surface area contributed by atoms with E-state index in [1.54, 1.807) is 6.26 Å². The number of thioether (sulfide) groups is 1. The molecule has 1 aliphatic rings. The number of ketones is 1. The normalized spacial score (nSPS) is 13.0. The molecule has 0 saturated heterocycles. The van der Waals surface area contributed by atoms with Crippen molar-refractivity contribution >= 4 is 39.8 Å². The minimum atomic E-state index is -0.172. The number of anilines is 1. The molecule has 7 nitrogen and oxygen atoms in total. The number of amides is 1. The molecule has 9 heteroatoms. The van der Waals surface area contributed by atoms with Crippen molar-refractivity contribution in [2.24, 2.45) is 7.05 Å². The summed E-state index contributed by atoms with van der Waals surface area (Å²) in [5, 5.41) is 12.8. The molecule has 4 aromatic rings. The number of hydrogen-bond donors (Lipinski definition) is 1. The van der Waals surface area contributed by atoms with E-state index in [1.165, 1.54) is 28.0 Å². The molecule has 0 bridgehead atoms. The number of fused-ring (bicyclic) bond motifs is 1. The number of rotatable bonds is 7.